The van der Waals surface area contributed by atoms with Gasteiger partial charge in [0.05, 0.1) is 12.2 Å². The van der Waals surface area contributed by atoms with Crippen molar-refractivity contribution >= 4 is 41.0 Å². The van der Waals surface area contributed by atoms with E-state index < -0.39 is 12.0 Å². The lowest BCUT2D eigenvalue weighted by Crippen LogP contribution is -2.69. The fourth-order valence-electron chi connectivity index (χ4n) is 4.63. The molecule has 1 aliphatic rings. The van der Waals surface area contributed by atoms with Crippen LogP contribution in [0.3, 0.4) is 0 Å². The highest BCUT2D eigenvalue weighted by atomic mass is 35.5. The zero-order valence-electron chi connectivity index (χ0n) is 20.5. The zero-order valence-corrected chi connectivity index (χ0v) is 21.2. The summed E-state index contributed by atoms with van der Waals surface area (Å²) < 4.78 is 1.72. The number of aromatic nitrogens is 3. The summed E-state index contributed by atoms with van der Waals surface area (Å²) in [5.41, 5.74) is 7.50. The lowest BCUT2D eigenvalue weighted by atomic mass is 9.80. The maximum atomic E-state index is 13.6. The number of benzene rings is 1. The van der Waals surface area contributed by atoms with Crippen molar-refractivity contribution in [2.45, 2.75) is 38.1 Å². The third kappa shape index (κ3) is 5.11. The molecule has 188 valence electrons. The Balaban J connectivity index is 1.60. The van der Waals surface area contributed by atoms with Crippen molar-refractivity contribution in [3.05, 3.63) is 71.3 Å². The molecule has 3 heterocycles. The number of hydrogen-bond acceptors (Lipinski definition) is 6. The summed E-state index contributed by atoms with van der Waals surface area (Å²) in [5.74, 6) is -1.19. The van der Waals surface area contributed by atoms with Crippen molar-refractivity contribution in [2.24, 2.45) is 13.0 Å². The molecule has 36 heavy (non-hydrogen) atoms. The van der Waals surface area contributed by atoms with Crippen LogP contribution < -0.4 is 10.6 Å². The molecule has 2 aromatic heterocycles. The summed E-state index contributed by atoms with van der Waals surface area (Å²) in [5, 5.41) is 0.583. The van der Waals surface area contributed by atoms with E-state index in [0.717, 1.165) is 16.0 Å². The van der Waals surface area contributed by atoms with Crippen LogP contribution in [-0.4, -0.2) is 50.2 Å². The van der Waals surface area contributed by atoms with Gasteiger partial charge in [-0.1, -0.05) is 30.7 Å². The summed E-state index contributed by atoms with van der Waals surface area (Å²) in [4.78, 5) is 51.1. The predicted octanol–water partition coefficient (Wildman–Crippen LogP) is 3.19. The number of carbonyl (C=O) groups excluding carboxylic acids is 3. The van der Waals surface area contributed by atoms with Crippen molar-refractivity contribution in [3.63, 3.8) is 0 Å². The number of halogens is 1. The smallest absolute Gasteiger partial charge is 0.252 e. The number of β-lactam (4-membered cyclic amide) rings is 1. The molecule has 0 aliphatic carbocycles. The largest absolute Gasteiger partial charge is 0.384 e. The molecular formula is C26H29ClN6O3. The SMILES string of the molecule is CC[C@@H](CC(=O)N1C(=O)[C@H](Cc2ccnc(N)c2)[C@H]1C(=O)N(C)c1cn(C)cn1)c1cccc(Cl)c1. The molecule has 2 N–H and O–H groups in total. The number of aryl methyl sites for hydroxylation is 1. The number of nitrogens with two attached hydrogens (primary N) is 1. The van der Waals surface area contributed by atoms with Crippen molar-refractivity contribution < 1.29 is 14.4 Å². The van der Waals surface area contributed by atoms with E-state index in [1.807, 2.05) is 25.1 Å². The van der Waals surface area contributed by atoms with Gasteiger partial charge in [0, 0.05) is 37.9 Å². The Morgan fingerprint density at radius 3 is 2.64 bits per heavy atom. The Kier molecular flexibility index (Phi) is 7.40. The minimum Gasteiger partial charge on any atom is -0.384 e. The molecule has 3 atom stereocenters. The molecule has 9 nitrogen and oxygen atoms in total. The first-order valence-corrected chi connectivity index (χ1v) is 12.1. The number of imidazole rings is 1. The van der Waals surface area contributed by atoms with Gasteiger partial charge in [0.1, 0.15) is 11.9 Å². The third-order valence-corrected chi connectivity index (χ3v) is 6.87. The minimum absolute atomic E-state index is 0.0919. The lowest BCUT2D eigenvalue weighted by Gasteiger charge is -2.46. The normalized spacial score (nSPS) is 18.0. The van der Waals surface area contributed by atoms with Gasteiger partial charge in [0.15, 0.2) is 5.82 Å². The van der Waals surface area contributed by atoms with Gasteiger partial charge in [-0.2, -0.15) is 0 Å². The molecule has 0 saturated carbocycles. The van der Waals surface area contributed by atoms with E-state index in [2.05, 4.69) is 9.97 Å². The number of likely N-dealkylation sites (tertiary alicyclic amines) is 1. The molecule has 1 saturated heterocycles. The Labute approximate surface area is 214 Å². The van der Waals surface area contributed by atoms with Crippen LogP contribution >= 0.6 is 11.6 Å². The number of anilines is 2. The molecule has 3 amide bonds. The van der Waals surface area contributed by atoms with Gasteiger partial charge in [-0.3, -0.25) is 24.2 Å². The number of amides is 3. The van der Waals surface area contributed by atoms with E-state index in [4.69, 9.17) is 17.3 Å². The molecule has 10 heteroatoms. The molecule has 1 aromatic carbocycles. The molecule has 4 rings (SSSR count). The molecule has 0 bridgehead atoms. The van der Waals surface area contributed by atoms with E-state index >= 15 is 0 Å². The van der Waals surface area contributed by atoms with Crippen LogP contribution in [0.1, 0.15) is 36.8 Å². The molecule has 0 radical (unpaired) electrons. The number of hydrogen-bond donors (Lipinski definition) is 1. The second-order valence-electron chi connectivity index (χ2n) is 9.11. The Morgan fingerprint density at radius 1 is 1.22 bits per heavy atom. The maximum absolute atomic E-state index is 13.6. The number of rotatable bonds is 8. The highest BCUT2D eigenvalue weighted by molar-refractivity contribution is 6.30. The second-order valence-corrected chi connectivity index (χ2v) is 9.54. The average Bonchev–Trinajstić information content (AvgIpc) is 3.29. The lowest BCUT2D eigenvalue weighted by molar-refractivity contribution is -0.170. The quantitative estimate of drug-likeness (QED) is 0.467. The number of nitrogens with zero attached hydrogens (tertiary/aromatic N) is 5. The molecule has 3 aromatic rings. The Morgan fingerprint density at radius 2 is 2.00 bits per heavy atom. The zero-order chi connectivity index (χ0) is 26.0. The number of nitrogen functional groups attached to an aromatic ring is 1. The summed E-state index contributed by atoms with van der Waals surface area (Å²) in [6, 6.07) is 9.84. The van der Waals surface area contributed by atoms with E-state index in [9.17, 15) is 14.4 Å². The van der Waals surface area contributed by atoms with Crippen LogP contribution in [0.5, 0.6) is 0 Å². The van der Waals surface area contributed by atoms with Gasteiger partial charge in [-0.25, -0.2) is 9.97 Å². The van der Waals surface area contributed by atoms with Gasteiger partial charge in [-0.15, -0.1) is 0 Å². The van der Waals surface area contributed by atoms with Crippen molar-refractivity contribution in [1.82, 2.24) is 19.4 Å². The van der Waals surface area contributed by atoms with Gasteiger partial charge in [0.2, 0.25) is 11.8 Å². The fourth-order valence-corrected chi connectivity index (χ4v) is 4.83. The van der Waals surface area contributed by atoms with E-state index in [0.29, 0.717) is 23.1 Å². The van der Waals surface area contributed by atoms with Crippen molar-refractivity contribution in [1.29, 1.82) is 0 Å². The van der Waals surface area contributed by atoms with Crippen LogP contribution in [-0.2, 0) is 27.9 Å². The van der Waals surface area contributed by atoms with Crippen LogP contribution in [0.25, 0.3) is 0 Å². The van der Waals surface area contributed by atoms with Crippen LogP contribution in [0, 0.1) is 5.92 Å². The van der Waals surface area contributed by atoms with Gasteiger partial charge < -0.3 is 10.3 Å². The van der Waals surface area contributed by atoms with Crippen LogP contribution in [0.2, 0.25) is 5.02 Å². The Hall–Kier alpha value is -3.72. The maximum Gasteiger partial charge on any atom is 0.252 e. The number of carbonyl (C=O) groups is 3. The van der Waals surface area contributed by atoms with E-state index in [-0.39, 0.29) is 36.5 Å². The first-order chi connectivity index (χ1) is 17.2. The summed E-state index contributed by atoms with van der Waals surface area (Å²) in [6.07, 6.45) is 5.89. The van der Waals surface area contributed by atoms with Crippen LogP contribution in [0.4, 0.5) is 11.6 Å². The number of likely N-dealkylation sites (N-methyl/N-ethyl adjacent to an activating group) is 1. The van der Waals surface area contributed by atoms with E-state index in [1.165, 1.54) is 4.90 Å². The monoisotopic (exact) mass is 508 g/mol. The minimum atomic E-state index is -0.941. The summed E-state index contributed by atoms with van der Waals surface area (Å²) in [7, 11) is 3.40. The molecule has 1 aliphatic heterocycles. The summed E-state index contributed by atoms with van der Waals surface area (Å²) in [6.45, 7) is 1.98. The van der Waals surface area contributed by atoms with Gasteiger partial charge in [-0.05, 0) is 54.2 Å². The summed E-state index contributed by atoms with van der Waals surface area (Å²) >= 11 is 6.15. The standard InChI is InChI=1S/C26H29ClN6O3/c1-4-17(18-6-5-7-19(27)12-18)13-23(34)33-24(26(36)32(3)22-14-31(2)15-30-22)20(25(33)35)10-16-8-9-29-21(28)11-16/h5-9,11-12,14-15,17,20,24H,4,10,13H2,1-3H3,(H2,28,29)/t17-,20+,24-/m0/s1. The fraction of sp³-hybridized carbons (Fsp3) is 0.346. The molecule has 0 unspecified atom stereocenters. The predicted molar refractivity (Wildman–Crippen MR) is 137 cm³/mol. The number of pyridine rings is 1. The molecule has 1 fully saturated rings. The van der Waals surface area contributed by atoms with Crippen LogP contribution in [0.15, 0.2) is 55.1 Å². The highest BCUT2D eigenvalue weighted by Gasteiger charge is 2.55. The molecular weight excluding hydrogens is 480 g/mol. The van der Waals surface area contributed by atoms with Gasteiger partial charge in [0.25, 0.3) is 5.91 Å². The van der Waals surface area contributed by atoms with Crippen molar-refractivity contribution in [2.75, 3.05) is 17.7 Å². The first kappa shape index (κ1) is 25.4. The topological polar surface area (TPSA) is 114 Å². The number of imide groups is 1. The van der Waals surface area contributed by atoms with Crippen molar-refractivity contribution in [3.8, 4) is 0 Å². The van der Waals surface area contributed by atoms with Gasteiger partial charge >= 0.3 is 0 Å². The second kappa shape index (κ2) is 10.5. The third-order valence-electron chi connectivity index (χ3n) is 6.64. The molecule has 0 spiro atoms. The average molecular weight is 509 g/mol. The van der Waals surface area contributed by atoms with E-state index in [1.54, 1.807) is 55.6 Å². The highest BCUT2D eigenvalue weighted by Crippen LogP contribution is 2.35. The Bertz CT molecular complexity index is 1290. The first-order valence-electron chi connectivity index (χ1n) is 11.8.